The molecule has 0 aromatic rings. The fourth-order valence-corrected chi connectivity index (χ4v) is 0.310. The van der Waals surface area contributed by atoms with Crippen LogP contribution in [0, 0.1) is 0 Å². The first-order valence-corrected chi connectivity index (χ1v) is 3.00. The Morgan fingerprint density at radius 1 is 1.73 bits per heavy atom. The van der Waals surface area contributed by atoms with Crippen molar-refractivity contribution in [3.05, 3.63) is 0 Å². The summed E-state index contributed by atoms with van der Waals surface area (Å²) in [6.07, 6.45) is -0.660. The molecule has 64 valence electrons. The van der Waals surface area contributed by atoms with Crippen LogP contribution < -0.4 is 11.2 Å². The van der Waals surface area contributed by atoms with Gasteiger partial charge in [0.15, 0.2) is 0 Å². The second kappa shape index (κ2) is 5.33. The Kier molecular flexibility index (Phi) is 4.63. The van der Waals surface area contributed by atoms with Crippen molar-refractivity contribution in [1.29, 1.82) is 0 Å². The highest BCUT2D eigenvalue weighted by Gasteiger charge is 1.96. The number of methoxy groups -OCH3 is 1. The highest BCUT2D eigenvalue weighted by atomic mass is 16.6. The summed E-state index contributed by atoms with van der Waals surface area (Å²) in [5.74, 6) is 0. The van der Waals surface area contributed by atoms with Crippen LogP contribution in [0.4, 0.5) is 4.79 Å². The van der Waals surface area contributed by atoms with Crippen molar-refractivity contribution in [2.45, 2.75) is 6.92 Å². The van der Waals surface area contributed by atoms with Gasteiger partial charge >= 0.3 is 12.1 Å². The van der Waals surface area contributed by atoms with Crippen LogP contribution in [0.15, 0.2) is 5.10 Å². The van der Waals surface area contributed by atoms with Crippen LogP contribution >= 0.6 is 0 Å². The molecule has 0 aliphatic rings. The standard InChI is InChI=1S/C5H11N3O3/c1-3-11-5(9)8-7-4(6)10-2/h3H2,1-2H3,(H2,6,7)(H,8,9). The largest absolute Gasteiger partial charge is 0.468 e. The highest BCUT2D eigenvalue weighted by molar-refractivity contribution is 5.74. The maximum Gasteiger partial charge on any atom is 0.427 e. The van der Waals surface area contributed by atoms with Crippen molar-refractivity contribution in [3.8, 4) is 0 Å². The van der Waals surface area contributed by atoms with E-state index < -0.39 is 6.09 Å². The minimum Gasteiger partial charge on any atom is -0.468 e. The summed E-state index contributed by atoms with van der Waals surface area (Å²) in [5.41, 5.74) is 7.09. The predicted molar refractivity (Wildman–Crippen MR) is 38.8 cm³/mol. The molecule has 0 bridgehead atoms. The van der Waals surface area contributed by atoms with E-state index in [0.717, 1.165) is 0 Å². The van der Waals surface area contributed by atoms with Gasteiger partial charge in [-0.25, -0.2) is 10.2 Å². The number of rotatable bonds is 2. The van der Waals surface area contributed by atoms with E-state index in [2.05, 4.69) is 14.6 Å². The van der Waals surface area contributed by atoms with Crippen molar-refractivity contribution in [2.24, 2.45) is 10.8 Å². The van der Waals surface area contributed by atoms with E-state index in [1.165, 1.54) is 7.11 Å². The van der Waals surface area contributed by atoms with Gasteiger partial charge in [0.25, 0.3) is 0 Å². The zero-order valence-corrected chi connectivity index (χ0v) is 6.46. The molecule has 11 heavy (non-hydrogen) atoms. The first-order chi connectivity index (χ1) is 5.20. The van der Waals surface area contributed by atoms with Gasteiger partial charge in [0, 0.05) is 0 Å². The molecular formula is C5H11N3O3. The van der Waals surface area contributed by atoms with Gasteiger partial charge in [0.2, 0.25) is 0 Å². The number of nitrogens with zero attached hydrogens (tertiary/aromatic N) is 1. The summed E-state index contributed by atoms with van der Waals surface area (Å²) < 4.78 is 8.90. The van der Waals surface area contributed by atoms with Crippen LogP contribution in [0.5, 0.6) is 0 Å². The topological polar surface area (TPSA) is 85.9 Å². The van der Waals surface area contributed by atoms with Gasteiger partial charge in [-0.15, -0.1) is 5.10 Å². The van der Waals surface area contributed by atoms with Crippen LogP contribution in [0.2, 0.25) is 0 Å². The SMILES string of the molecule is CCOC(=O)NN=C(N)OC. The zero-order valence-electron chi connectivity index (χ0n) is 6.46. The third kappa shape index (κ3) is 5.01. The third-order valence-corrected chi connectivity index (χ3v) is 0.742. The van der Waals surface area contributed by atoms with Crippen molar-refractivity contribution in [3.63, 3.8) is 0 Å². The average molecular weight is 161 g/mol. The van der Waals surface area contributed by atoms with Gasteiger partial charge in [-0.05, 0) is 6.92 Å². The lowest BCUT2D eigenvalue weighted by Crippen LogP contribution is -2.24. The number of hydrogen-bond acceptors (Lipinski definition) is 4. The molecule has 0 aliphatic carbocycles. The second-order valence-electron chi connectivity index (χ2n) is 1.49. The van der Waals surface area contributed by atoms with Gasteiger partial charge in [0.05, 0.1) is 13.7 Å². The summed E-state index contributed by atoms with van der Waals surface area (Å²) in [6, 6.07) is -0.127. The number of carbonyl (C=O) groups excluding carboxylic acids is 1. The van der Waals surface area contributed by atoms with Crippen LogP contribution in [0.3, 0.4) is 0 Å². The van der Waals surface area contributed by atoms with Gasteiger partial charge < -0.3 is 15.2 Å². The molecule has 3 N–H and O–H groups in total. The summed E-state index contributed by atoms with van der Waals surface area (Å²) >= 11 is 0. The molecule has 0 saturated carbocycles. The number of ether oxygens (including phenoxy) is 2. The number of nitrogens with one attached hydrogen (secondary N) is 1. The lowest BCUT2D eigenvalue weighted by atomic mass is 10.9. The summed E-state index contributed by atoms with van der Waals surface area (Å²) in [4.78, 5) is 10.5. The molecule has 6 heteroatoms. The normalized spacial score (nSPS) is 10.5. The van der Waals surface area contributed by atoms with E-state index in [1.807, 2.05) is 5.43 Å². The van der Waals surface area contributed by atoms with E-state index in [-0.39, 0.29) is 12.6 Å². The number of carbonyl (C=O) groups is 1. The summed E-state index contributed by atoms with van der Waals surface area (Å²) in [6.45, 7) is 1.97. The average Bonchev–Trinajstić information content (AvgIpc) is 2.01. The molecule has 0 radical (unpaired) electrons. The number of amides is 1. The Morgan fingerprint density at radius 2 is 2.36 bits per heavy atom. The Balaban J connectivity index is 3.60. The molecule has 0 aromatic heterocycles. The van der Waals surface area contributed by atoms with E-state index in [9.17, 15) is 4.79 Å². The van der Waals surface area contributed by atoms with E-state index >= 15 is 0 Å². The van der Waals surface area contributed by atoms with Crippen molar-refractivity contribution < 1.29 is 14.3 Å². The molecule has 0 atom stereocenters. The third-order valence-electron chi connectivity index (χ3n) is 0.742. The van der Waals surface area contributed by atoms with Crippen LogP contribution in [0.1, 0.15) is 6.92 Å². The summed E-state index contributed by atoms with van der Waals surface area (Å²) in [7, 11) is 1.34. The Hall–Kier alpha value is -1.46. The van der Waals surface area contributed by atoms with Crippen molar-refractivity contribution in [1.82, 2.24) is 5.43 Å². The van der Waals surface area contributed by atoms with Crippen molar-refractivity contribution >= 4 is 12.1 Å². The first kappa shape index (κ1) is 9.54. The number of nitrogens with two attached hydrogens (primary N) is 1. The molecule has 0 saturated heterocycles. The minimum absolute atomic E-state index is 0.127. The predicted octanol–water partition coefficient (Wildman–Crippen LogP) is -0.391. The summed E-state index contributed by atoms with van der Waals surface area (Å²) in [5, 5.41) is 3.31. The van der Waals surface area contributed by atoms with Crippen LogP contribution in [-0.4, -0.2) is 25.8 Å². The number of amidine groups is 1. The van der Waals surface area contributed by atoms with Crippen molar-refractivity contribution in [2.75, 3.05) is 13.7 Å². The molecule has 0 spiro atoms. The molecule has 6 nitrogen and oxygen atoms in total. The van der Waals surface area contributed by atoms with E-state index in [0.29, 0.717) is 0 Å². The Bertz CT molecular complexity index is 157. The van der Waals surface area contributed by atoms with Gasteiger partial charge in [-0.2, -0.15) is 0 Å². The highest BCUT2D eigenvalue weighted by Crippen LogP contribution is 1.75. The smallest absolute Gasteiger partial charge is 0.427 e. The van der Waals surface area contributed by atoms with Crippen LogP contribution in [0.25, 0.3) is 0 Å². The van der Waals surface area contributed by atoms with E-state index in [4.69, 9.17) is 5.73 Å². The van der Waals surface area contributed by atoms with Gasteiger partial charge in [0.1, 0.15) is 0 Å². The maximum absolute atomic E-state index is 10.5. The molecule has 0 rings (SSSR count). The molecular weight excluding hydrogens is 150 g/mol. The molecule has 0 heterocycles. The van der Waals surface area contributed by atoms with Gasteiger partial charge in [-0.3, -0.25) is 0 Å². The van der Waals surface area contributed by atoms with Crippen LogP contribution in [-0.2, 0) is 9.47 Å². The monoisotopic (exact) mass is 161 g/mol. The maximum atomic E-state index is 10.5. The lowest BCUT2D eigenvalue weighted by molar-refractivity contribution is 0.152. The minimum atomic E-state index is -0.660. The number of hydrogen-bond donors (Lipinski definition) is 2. The molecule has 0 unspecified atom stereocenters. The fourth-order valence-electron chi connectivity index (χ4n) is 0.310. The first-order valence-electron chi connectivity index (χ1n) is 3.00. The Morgan fingerprint density at radius 3 is 2.82 bits per heavy atom. The Labute approximate surface area is 64.3 Å². The molecule has 0 aromatic carbocycles. The lowest BCUT2D eigenvalue weighted by Gasteiger charge is -1.99. The second-order valence-corrected chi connectivity index (χ2v) is 1.49. The fraction of sp³-hybridized carbons (Fsp3) is 0.600. The number of hydrazone groups is 1. The van der Waals surface area contributed by atoms with E-state index in [1.54, 1.807) is 6.92 Å². The molecule has 1 amide bonds. The zero-order chi connectivity index (χ0) is 8.69. The quantitative estimate of drug-likeness (QED) is 0.328. The molecule has 0 aliphatic heterocycles. The molecule has 0 fully saturated rings. The van der Waals surface area contributed by atoms with Gasteiger partial charge in [-0.1, -0.05) is 0 Å².